The molecule has 0 aliphatic rings. The summed E-state index contributed by atoms with van der Waals surface area (Å²) in [5.41, 5.74) is 7.30. The average molecular weight is 219 g/mol. The van der Waals surface area contributed by atoms with Crippen LogP contribution in [0.15, 0.2) is 24.3 Å². The van der Waals surface area contributed by atoms with Gasteiger partial charge in [0.25, 0.3) is 0 Å². The molecule has 0 aliphatic heterocycles. The normalized spacial score (nSPS) is 13.3. The largest absolute Gasteiger partial charge is 0.328 e. The molecule has 1 aromatic carbocycles. The Labute approximate surface area is 94.9 Å². The molecular formula is C13H17NS. The van der Waals surface area contributed by atoms with Crippen LogP contribution in [0.3, 0.4) is 0 Å². The summed E-state index contributed by atoms with van der Waals surface area (Å²) in [7, 11) is 0. The maximum absolute atomic E-state index is 5.81. The van der Waals surface area contributed by atoms with Crippen LogP contribution in [-0.2, 0) is 6.42 Å². The Balaban J connectivity index is 2.36. The van der Waals surface area contributed by atoms with Gasteiger partial charge in [0, 0.05) is 15.6 Å². The maximum atomic E-state index is 5.81. The van der Waals surface area contributed by atoms with Crippen LogP contribution in [0.2, 0.25) is 0 Å². The van der Waals surface area contributed by atoms with E-state index < -0.39 is 0 Å². The van der Waals surface area contributed by atoms with Gasteiger partial charge in [-0.1, -0.05) is 18.2 Å². The van der Waals surface area contributed by atoms with Crippen molar-refractivity contribution in [2.45, 2.75) is 32.7 Å². The van der Waals surface area contributed by atoms with Gasteiger partial charge in [-0.2, -0.15) is 0 Å². The Morgan fingerprint density at radius 2 is 2.07 bits per heavy atom. The molecule has 1 nitrogen and oxygen atoms in total. The highest BCUT2D eigenvalue weighted by atomic mass is 32.1. The third kappa shape index (κ3) is 2.21. The number of aryl methyl sites for hydroxylation is 2. The summed E-state index contributed by atoms with van der Waals surface area (Å²) < 4.78 is 1.40. The minimum atomic E-state index is 0.295. The molecule has 0 saturated heterocycles. The predicted octanol–water partition coefficient (Wildman–Crippen LogP) is 3.49. The smallest absolute Gasteiger partial charge is 0.0348 e. The van der Waals surface area contributed by atoms with Crippen molar-refractivity contribution < 1.29 is 0 Å². The lowest BCUT2D eigenvalue weighted by atomic mass is 10.0. The fraction of sp³-hybridized carbons (Fsp3) is 0.385. The van der Waals surface area contributed by atoms with Crippen LogP contribution in [-0.4, -0.2) is 6.04 Å². The highest BCUT2D eigenvalue weighted by Crippen LogP contribution is 2.31. The van der Waals surface area contributed by atoms with Gasteiger partial charge >= 0.3 is 0 Å². The number of rotatable bonds is 3. The van der Waals surface area contributed by atoms with Gasteiger partial charge in [-0.3, -0.25) is 0 Å². The summed E-state index contributed by atoms with van der Waals surface area (Å²) >= 11 is 1.89. The zero-order valence-electron chi connectivity index (χ0n) is 9.29. The number of benzene rings is 1. The molecule has 1 unspecified atom stereocenters. The van der Waals surface area contributed by atoms with Crippen molar-refractivity contribution in [3.05, 3.63) is 34.7 Å². The monoisotopic (exact) mass is 219 g/mol. The van der Waals surface area contributed by atoms with Crippen LogP contribution in [0.25, 0.3) is 10.1 Å². The second-order valence-electron chi connectivity index (χ2n) is 4.15. The molecule has 2 heteroatoms. The number of thiophene rings is 1. The second kappa shape index (κ2) is 4.33. The van der Waals surface area contributed by atoms with E-state index >= 15 is 0 Å². The Morgan fingerprint density at radius 1 is 1.33 bits per heavy atom. The summed E-state index contributed by atoms with van der Waals surface area (Å²) in [4.78, 5) is 1.44. The molecular weight excluding hydrogens is 202 g/mol. The van der Waals surface area contributed by atoms with E-state index in [4.69, 9.17) is 5.73 Å². The van der Waals surface area contributed by atoms with Gasteiger partial charge in [0.15, 0.2) is 0 Å². The van der Waals surface area contributed by atoms with Gasteiger partial charge in [-0.15, -0.1) is 11.3 Å². The first-order chi connectivity index (χ1) is 7.18. The molecule has 2 rings (SSSR count). The van der Waals surface area contributed by atoms with Crippen molar-refractivity contribution >= 4 is 21.4 Å². The minimum absolute atomic E-state index is 0.295. The van der Waals surface area contributed by atoms with Gasteiger partial charge in [0.2, 0.25) is 0 Å². The standard InChI is InChI=1S/C13H17NS/c1-9(14)7-8-11-10(2)15-13-6-4-3-5-12(11)13/h3-6,9H,7-8,14H2,1-2H3. The second-order valence-corrected chi connectivity index (χ2v) is 5.41. The number of nitrogens with two attached hydrogens (primary N) is 1. The van der Waals surface area contributed by atoms with Crippen LogP contribution in [0.5, 0.6) is 0 Å². The van der Waals surface area contributed by atoms with Gasteiger partial charge in [-0.05, 0) is 43.7 Å². The van der Waals surface area contributed by atoms with Crippen molar-refractivity contribution in [3.63, 3.8) is 0 Å². The van der Waals surface area contributed by atoms with Gasteiger partial charge in [0.05, 0.1) is 0 Å². The predicted molar refractivity (Wildman–Crippen MR) is 68.5 cm³/mol. The first-order valence-corrected chi connectivity index (χ1v) is 6.22. The molecule has 0 fully saturated rings. The zero-order chi connectivity index (χ0) is 10.8. The number of hydrogen-bond acceptors (Lipinski definition) is 2. The average Bonchev–Trinajstić information content (AvgIpc) is 2.50. The van der Waals surface area contributed by atoms with Crippen molar-refractivity contribution in [2.24, 2.45) is 5.73 Å². The summed E-state index contributed by atoms with van der Waals surface area (Å²) in [6, 6.07) is 8.93. The lowest BCUT2D eigenvalue weighted by molar-refractivity contribution is 0.667. The minimum Gasteiger partial charge on any atom is -0.328 e. The van der Waals surface area contributed by atoms with Crippen molar-refractivity contribution in [1.82, 2.24) is 0 Å². The number of fused-ring (bicyclic) bond motifs is 1. The Hall–Kier alpha value is -0.860. The third-order valence-electron chi connectivity index (χ3n) is 2.75. The molecule has 0 aliphatic carbocycles. The van der Waals surface area contributed by atoms with Crippen LogP contribution in [0.1, 0.15) is 23.8 Å². The molecule has 0 saturated carbocycles. The molecule has 0 bridgehead atoms. The van der Waals surface area contributed by atoms with E-state index in [2.05, 4.69) is 38.1 Å². The van der Waals surface area contributed by atoms with Gasteiger partial charge in [-0.25, -0.2) is 0 Å². The molecule has 1 heterocycles. The molecule has 2 N–H and O–H groups in total. The molecule has 0 amide bonds. The van der Waals surface area contributed by atoms with E-state index in [9.17, 15) is 0 Å². The molecule has 0 spiro atoms. The van der Waals surface area contributed by atoms with Crippen molar-refractivity contribution in [2.75, 3.05) is 0 Å². The fourth-order valence-electron chi connectivity index (χ4n) is 1.90. The molecule has 80 valence electrons. The fourth-order valence-corrected chi connectivity index (χ4v) is 3.02. The summed E-state index contributed by atoms with van der Waals surface area (Å²) in [6.45, 7) is 4.28. The highest BCUT2D eigenvalue weighted by molar-refractivity contribution is 7.19. The van der Waals surface area contributed by atoms with Crippen molar-refractivity contribution in [3.8, 4) is 0 Å². The van der Waals surface area contributed by atoms with E-state index in [-0.39, 0.29) is 0 Å². The third-order valence-corrected chi connectivity index (χ3v) is 3.88. The van der Waals surface area contributed by atoms with E-state index in [0.29, 0.717) is 6.04 Å². The molecule has 1 aromatic heterocycles. The summed E-state index contributed by atoms with van der Waals surface area (Å²) in [6.07, 6.45) is 2.18. The van der Waals surface area contributed by atoms with Gasteiger partial charge in [0.1, 0.15) is 0 Å². The van der Waals surface area contributed by atoms with Crippen molar-refractivity contribution in [1.29, 1.82) is 0 Å². The lowest BCUT2D eigenvalue weighted by Gasteiger charge is -2.05. The van der Waals surface area contributed by atoms with E-state index in [1.807, 2.05) is 11.3 Å². The lowest BCUT2D eigenvalue weighted by Crippen LogP contribution is -2.15. The van der Waals surface area contributed by atoms with E-state index in [0.717, 1.165) is 12.8 Å². The zero-order valence-corrected chi connectivity index (χ0v) is 10.1. The quantitative estimate of drug-likeness (QED) is 0.840. The van der Waals surface area contributed by atoms with Crippen LogP contribution < -0.4 is 5.73 Å². The molecule has 15 heavy (non-hydrogen) atoms. The van der Waals surface area contributed by atoms with Gasteiger partial charge < -0.3 is 5.73 Å². The molecule has 1 atom stereocenters. The van der Waals surface area contributed by atoms with E-state index in [1.165, 1.54) is 20.5 Å². The summed E-state index contributed by atoms with van der Waals surface area (Å²) in [5.74, 6) is 0. The Bertz CT molecular complexity index is 457. The molecule has 0 radical (unpaired) electrons. The summed E-state index contributed by atoms with van der Waals surface area (Å²) in [5, 5.41) is 1.42. The van der Waals surface area contributed by atoms with Crippen LogP contribution in [0.4, 0.5) is 0 Å². The maximum Gasteiger partial charge on any atom is 0.0348 e. The highest BCUT2D eigenvalue weighted by Gasteiger charge is 2.08. The van der Waals surface area contributed by atoms with E-state index in [1.54, 1.807) is 0 Å². The molecule has 2 aromatic rings. The SMILES string of the molecule is Cc1sc2ccccc2c1CCC(C)N. The topological polar surface area (TPSA) is 26.0 Å². The Morgan fingerprint density at radius 3 is 2.80 bits per heavy atom. The number of hydrogen-bond donors (Lipinski definition) is 1. The Kier molecular flexibility index (Phi) is 3.08. The van der Waals surface area contributed by atoms with Crippen LogP contribution in [0, 0.1) is 6.92 Å². The first kappa shape index (κ1) is 10.7. The first-order valence-electron chi connectivity index (χ1n) is 5.41. The van der Waals surface area contributed by atoms with Crippen LogP contribution >= 0.6 is 11.3 Å².